The van der Waals surface area contributed by atoms with Gasteiger partial charge in [0.15, 0.2) is 11.9 Å². The number of fused-ring (bicyclic) bond motifs is 1. The van der Waals surface area contributed by atoms with Gasteiger partial charge >= 0.3 is 5.97 Å². The van der Waals surface area contributed by atoms with Crippen molar-refractivity contribution >= 4 is 118 Å². The van der Waals surface area contributed by atoms with E-state index in [-0.39, 0.29) is 120 Å². The van der Waals surface area contributed by atoms with E-state index in [0.717, 1.165) is 5.56 Å². The molecule has 0 radical (unpaired) electrons. The molecule has 1 saturated heterocycles. The lowest BCUT2D eigenvalue weighted by molar-refractivity contribution is -0.144. The molecule has 105 heavy (non-hydrogen) atoms. The monoisotopic (exact) mass is 1510 g/mol. The van der Waals surface area contributed by atoms with Gasteiger partial charge in [0.2, 0.25) is 65.0 Å². The number of amides is 11. The fraction of sp³-hybridized carbons (Fsp3) is 0.588. The van der Waals surface area contributed by atoms with E-state index < -0.39 is 163 Å². The quantitative estimate of drug-likeness (QED) is 0.0110. The van der Waals surface area contributed by atoms with Gasteiger partial charge in [-0.25, -0.2) is 4.79 Å². The van der Waals surface area contributed by atoms with Crippen molar-refractivity contribution in [3.05, 3.63) is 71.9 Å². The van der Waals surface area contributed by atoms with E-state index in [0.29, 0.717) is 35.1 Å². The third-order valence-corrected chi connectivity index (χ3v) is 18.2. The number of H-pyrrole nitrogens is 1. The van der Waals surface area contributed by atoms with E-state index in [4.69, 9.17) is 34.4 Å². The number of thiol groups is 1. The van der Waals surface area contributed by atoms with Crippen molar-refractivity contribution in [3.63, 3.8) is 0 Å². The van der Waals surface area contributed by atoms with E-state index in [1.807, 2.05) is 32.0 Å². The lowest BCUT2D eigenvalue weighted by atomic mass is 10.00. The fourth-order valence-corrected chi connectivity index (χ4v) is 12.2. The van der Waals surface area contributed by atoms with Crippen LogP contribution in [0, 0.1) is 11.8 Å². The average molecular weight is 1510 g/mol. The number of aliphatic imine (C=N–C) groups is 2. The predicted molar refractivity (Wildman–Crippen MR) is 400 cm³/mol. The Hall–Kier alpha value is -9.30. The summed E-state index contributed by atoms with van der Waals surface area (Å²) in [4.78, 5) is 181. The number of carboxylic acid groups (broad SMARTS) is 1. The number of aromatic amines is 1. The highest BCUT2D eigenvalue weighted by Gasteiger charge is 2.41. The second-order valence-electron chi connectivity index (χ2n) is 26.3. The van der Waals surface area contributed by atoms with Gasteiger partial charge in [0.1, 0.15) is 66.5 Å². The topological polar surface area (TPSA) is 586 Å². The molecule has 1 aliphatic heterocycles. The van der Waals surface area contributed by atoms with Crippen LogP contribution in [0.15, 0.2) is 70.8 Å². The van der Waals surface area contributed by atoms with Crippen LogP contribution in [0.1, 0.15) is 109 Å². The molecule has 35 nitrogen and oxygen atoms in total. The number of likely N-dealkylation sites (tertiary alicyclic amines) is 1. The number of hydrogen-bond acceptors (Lipinski definition) is 20. The lowest BCUT2D eigenvalue weighted by Crippen LogP contribution is -2.61. The van der Waals surface area contributed by atoms with Crippen molar-refractivity contribution in [1.29, 1.82) is 0 Å². The number of benzene rings is 2. The minimum Gasteiger partial charge on any atom is -0.480 e. The lowest BCUT2D eigenvalue weighted by Gasteiger charge is -2.31. The number of carbonyl (C=O) groups is 12. The minimum absolute atomic E-state index is 0.0286. The summed E-state index contributed by atoms with van der Waals surface area (Å²) in [5.74, 6) is -11.9. The van der Waals surface area contributed by atoms with Crippen molar-refractivity contribution in [1.82, 2.24) is 63.1 Å². The van der Waals surface area contributed by atoms with Gasteiger partial charge in [-0.15, -0.1) is 0 Å². The van der Waals surface area contributed by atoms with Gasteiger partial charge in [0.05, 0.1) is 19.3 Å². The Morgan fingerprint density at radius 2 is 1.08 bits per heavy atom. The number of rotatable bonds is 47. The molecule has 0 aliphatic carbocycles. The number of thioether (sulfide) groups is 1. The van der Waals surface area contributed by atoms with E-state index in [9.17, 15) is 72.9 Å². The molecule has 2 aromatic carbocycles. The number of nitrogens with two attached hydrogens (primary N) is 6. The van der Waals surface area contributed by atoms with Crippen LogP contribution in [0.5, 0.6) is 0 Å². The standard InChI is InChI=1S/C68H108N20O15S2/c1-37(2)30-48(82-55(91)42(70)31-39-16-7-6-8-17-39)59(95)79-46(22-14-27-76-68(73)74)58(94)83-49(32-40-33-77-43-19-10-9-18-41(40)43)60(96)84-50(34-89)61(97)80-45(21-13-26-75-67(71)72)56(92)78-44(20-11-12-25-69)57(93)81-47(24-29-105-5)65(101)88-28-15-23-53(88)63(99)86-52(36-104)62(98)87-54(38(3)4)64(100)85-51(35-90)66(102)103/h6-10,16-19,33,37-38,42,44-54,77,89-90,104H,11-15,20-32,34-36,69-70H2,1-5H3,(H,78,92)(H,79,95)(H,80,97)(H,81,93)(H,82,91)(H,83,94)(H,84,96)(H,85,100)(H,86,99)(H,87,98)(H,102,103)(H4,71,72,75)(H4,73,74,76)/t42-,44+,45+,46+,47+,48+,49+,50+,51+,52+,53+,54+/m1/s1. The fourth-order valence-electron chi connectivity index (χ4n) is 11.5. The van der Waals surface area contributed by atoms with Crippen LogP contribution >= 0.6 is 24.4 Å². The second-order valence-corrected chi connectivity index (χ2v) is 27.7. The summed E-state index contributed by atoms with van der Waals surface area (Å²) < 4.78 is 0. The largest absolute Gasteiger partial charge is 0.480 e. The zero-order chi connectivity index (χ0) is 77.9. The van der Waals surface area contributed by atoms with E-state index in [1.165, 1.54) is 16.7 Å². The van der Waals surface area contributed by atoms with Gasteiger partial charge in [-0.3, -0.25) is 62.7 Å². The Morgan fingerprint density at radius 3 is 1.61 bits per heavy atom. The highest BCUT2D eigenvalue weighted by molar-refractivity contribution is 7.98. The van der Waals surface area contributed by atoms with Crippen LogP contribution in [-0.4, -0.2) is 238 Å². The Bertz CT molecular complexity index is 3430. The third kappa shape index (κ3) is 29.6. The number of carboxylic acids is 1. The minimum atomic E-state index is -1.82. The maximum Gasteiger partial charge on any atom is 0.328 e. The van der Waals surface area contributed by atoms with Crippen molar-refractivity contribution in [2.75, 3.05) is 57.2 Å². The van der Waals surface area contributed by atoms with Gasteiger partial charge in [-0.2, -0.15) is 24.4 Å². The smallest absolute Gasteiger partial charge is 0.328 e. The van der Waals surface area contributed by atoms with Gasteiger partial charge in [0.25, 0.3) is 0 Å². The molecule has 3 aromatic rings. The van der Waals surface area contributed by atoms with Gasteiger partial charge in [-0.1, -0.05) is 76.2 Å². The van der Waals surface area contributed by atoms with Crippen molar-refractivity contribution in [2.24, 2.45) is 56.2 Å². The number of guanidine groups is 2. The number of nitrogens with one attached hydrogen (secondary N) is 11. The van der Waals surface area contributed by atoms with Crippen LogP contribution < -0.4 is 87.6 Å². The van der Waals surface area contributed by atoms with E-state index in [2.05, 4.69) is 80.8 Å². The van der Waals surface area contributed by atoms with Gasteiger partial charge < -0.3 is 113 Å². The first-order chi connectivity index (χ1) is 50.0. The normalized spacial score (nSPS) is 15.8. The first-order valence-electron chi connectivity index (χ1n) is 35.0. The molecular weight excluding hydrogens is 1400 g/mol. The third-order valence-electron chi connectivity index (χ3n) is 17.2. The number of aliphatic carboxylic acids is 1. The molecule has 1 fully saturated rings. The number of aromatic nitrogens is 1. The van der Waals surface area contributed by atoms with Gasteiger partial charge in [-0.05, 0) is 125 Å². The summed E-state index contributed by atoms with van der Waals surface area (Å²) >= 11 is 5.62. The molecule has 0 spiro atoms. The second kappa shape index (κ2) is 45.8. The first-order valence-corrected chi connectivity index (χ1v) is 37.0. The molecule has 11 amide bonds. The molecule has 37 heteroatoms. The Balaban J connectivity index is 1.62. The summed E-state index contributed by atoms with van der Waals surface area (Å²) in [5, 5.41) is 56.5. The highest BCUT2D eigenvalue weighted by atomic mass is 32.2. The zero-order valence-electron chi connectivity index (χ0n) is 60.1. The Morgan fingerprint density at radius 1 is 0.581 bits per heavy atom. The van der Waals surface area contributed by atoms with Crippen LogP contribution in [-0.2, 0) is 70.4 Å². The maximum atomic E-state index is 14.8. The molecule has 0 bridgehead atoms. The van der Waals surface area contributed by atoms with Crippen molar-refractivity contribution in [2.45, 2.75) is 184 Å². The SMILES string of the molecule is CSCC[C@H](NC(=O)[C@H](CCCCN)NC(=O)[C@H](CCCN=C(N)N)NC(=O)[C@H](CO)NC(=O)[C@H](Cc1c[nH]c2ccccc12)NC(=O)[C@H](CCCN=C(N)N)NC(=O)[C@H](CC(C)C)NC(=O)[C@H](N)Cc1ccccc1)C(=O)N1CCC[C@H]1C(=O)N[C@@H](CS)C(=O)N[C@H](C(=O)N[C@@H](CO)C(=O)O)C(C)C. The number of nitrogens with zero attached hydrogens (tertiary/aromatic N) is 3. The average Bonchev–Trinajstić information content (AvgIpc) is 1.75. The number of aliphatic hydroxyl groups excluding tert-OH is 2. The summed E-state index contributed by atoms with van der Waals surface area (Å²) in [6.45, 7) is 5.11. The van der Waals surface area contributed by atoms with Crippen LogP contribution in [0.25, 0.3) is 10.9 Å². The Kier molecular flexibility index (Phi) is 38.4. The molecule has 26 N–H and O–H groups in total. The Labute approximate surface area is 620 Å². The molecular formula is C68H108N20O15S2. The summed E-state index contributed by atoms with van der Waals surface area (Å²) in [6.07, 6.45) is 4.56. The molecule has 582 valence electrons. The summed E-state index contributed by atoms with van der Waals surface area (Å²) in [5.41, 5.74) is 36.6. The number of hydrogen-bond donors (Lipinski definition) is 21. The molecule has 2 heterocycles. The molecule has 0 unspecified atom stereocenters. The maximum absolute atomic E-state index is 14.8. The number of para-hydroxylation sites is 1. The zero-order valence-corrected chi connectivity index (χ0v) is 61.8. The molecule has 1 aromatic heterocycles. The summed E-state index contributed by atoms with van der Waals surface area (Å²) in [7, 11) is 0. The van der Waals surface area contributed by atoms with Crippen molar-refractivity contribution in [3.8, 4) is 0 Å². The van der Waals surface area contributed by atoms with Gasteiger partial charge in [0, 0.05) is 48.9 Å². The summed E-state index contributed by atoms with van der Waals surface area (Å²) in [6, 6.07) is -0.466. The van der Waals surface area contributed by atoms with Crippen molar-refractivity contribution < 1.29 is 72.9 Å². The molecule has 0 saturated carbocycles. The van der Waals surface area contributed by atoms with Crippen LogP contribution in [0.3, 0.4) is 0 Å². The molecule has 1 aliphatic rings. The number of aliphatic hydroxyl groups is 2. The van der Waals surface area contributed by atoms with Crippen LogP contribution in [0.2, 0.25) is 0 Å². The predicted octanol–water partition coefficient (Wildman–Crippen LogP) is -4.19. The number of unbranched alkanes of at least 4 members (excludes halogenated alkanes) is 1. The van der Waals surface area contributed by atoms with Crippen LogP contribution in [0.4, 0.5) is 0 Å². The highest BCUT2D eigenvalue weighted by Crippen LogP contribution is 2.23. The van der Waals surface area contributed by atoms with E-state index >= 15 is 0 Å². The van der Waals surface area contributed by atoms with E-state index in [1.54, 1.807) is 62.7 Å². The number of carbonyl (C=O) groups excluding carboxylic acids is 11. The molecule has 4 rings (SSSR count). The first kappa shape index (κ1) is 88.1. The molecule has 12 atom stereocenters.